The normalized spacial score (nSPS) is 10.5. The molecule has 0 aliphatic heterocycles. The lowest BCUT2D eigenvalue weighted by molar-refractivity contribution is -0.401. The van der Waals surface area contributed by atoms with Crippen molar-refractivity contribution in [2.24, 2.45) is 0 Å². The first-order valence-electron chi connectivity index (χ1n) is 4.80. The lowest BCUT2D eigenvalue weighted by Gasteiger charge is -2.02. The monoisotopic (exact) mass is 235 g/mol. The molecule has 0 radical (unpaired) electrons. The van der Waals surface area contributed by atoms with Gasteiger partial charge in [-0.3, -0.25) is 14.9 Å². The Balaban J connectivity index is 2.81. The first-order valence-corrected chi connectivity index (χ1v) is 4.80. The van der Waals surface area contributed by atoms with Gasteiger partial charge in [0.1, 0.15) is 4.92 Å². The van der Waals surface area contributed by atoms with E-state index < -0.39 is 10.8 Å². The van der Waals surface area contributed by atoms with E-state index in [2.05, 4.69) is 0 Å². The van der Waals surface area contributed by atoms with Crippen LogP contribution in [0.5, 0.6) is 5.75 Å². The van der Waals surface area contributed by atoms with E-state index in [9.17, 15) is 14.9 Å². The summed E-state index contributed by atoms with van der Waals surface area (Å²) in [7, 11) is 1.43. The highest BCUT2D eigenvalue weighted by molar-refractivity contribution is 6.07. The fraction of sp³-hybridized carbons (Fsp3) is 0.182. The SMILES string of the molecule is COc1ccc(C(C)=O)c2cc([N+](=O)[O-])oc12. The Morgan fingerprint density at radius 2 is 2.18 bits per heavy atom. The van der Waals surface area contributed by atoms with Crippen LogP contribution in [0.3, 0.4) is 0 Å². The molecule has 0 aliphatic carbocycles. The van der Waals surface area contributed by atoms with Crippen LogP contribution in [0, 0.1) is 10.1 Å². The minimum atomic E-state index is -0.649. The van der Waals surface area contributed by atoms with E-state index in [-0.39, 0.29) is 11.4 Å². The minimum absolute atomic E-state index is 0.187. The summed E-state index contributed by atoms with van der Waals surface area (Å²) in [5, 5.41) is 11.0. The molecular weight excluding hydrogens is 226 g/mol. The van der Waals surface area contributed by atoms with E-state index in [1.807, 2.05) is 0 Å². The van der Waals surface area contributed by atoms with Crippen molar-refractivity contribution < 1.29 is 18.9 Å². The van der Waals surface area contributed by atoms with Crippen molar-refractivity contribution in [1.29, 1.82) is 0 Å². The van der Waals surface area contributed by atoms with E-state index in [0.29, 0.717) is 16.7 Å². The number of benzene rings is 1. The molecule has 0 spiro atoms. The molecular formula is C11H9NO5. The van der Waals surface area contributed by atoms with Gasteiger partial charge in [0.15, 0.2) is 17.1 Å². The summed E-state index contributed by atoms with van der Waals surface area (Å²) in [6, 6.07) is 4.34. The van der Waals surface area contributed by atoms with Gasteiger partial charge in [0, 0.05) is 10.9 Å². The van der Waals surface area contributed by atoms with Crippen LogP contribution in [0.4, 0.5) is 5.88 Å². The van der Waals surface area contributed by atoms with Gasteiger partial charge in [-0.15, -0.1) is 0 Å². The van der Waals surface area contributed by atoms with Crippen LogP contribution >= 0.6 is 0 Å². The second-order valence-corrected chi connectivity index (χ2v) is 3.46. The number of ether oxygens (including phenoxy) is 1. The molecule has 6 nitrogen and oxygen atoms in total. The first kappa shape index (κ1) is 11.1. The highest BCUT2D eigenvalue weighted by Gasteiger charge is 2.20. The third kappa shape index (κ3) is 1.73. The van der Waals surface area contributed by atoms with Crippen LogP contribution in [0.1, 0.15) is 17.3 Å². The number of nitro groups is 1. The van der Waals surface area contributed by atoms with Crippen molar-refractivity contribution in [1.82, 2.24) is 0 Å². The van der Waals surface area contributed by atoms with Crippen LogP contribution in [-0.2, 0) is 0 Å². The Labute approximate surface area is 95.9 Å². The zero-order valence-corrected chi connectivity index (χ0v) is 9.22. The number of furan rings is 1. The fourth-order valence-corrected chi connectivity index (χ4v) is 1.64. The molecule has 1 aromatic heterocycles. The number of fused-ring (bicyclic) bond motifs is 1. The summed E-state index contributed by atoms with van der Waals surface area (Å²) in [5.41, 5.74) is 0.588. The van der Waals surface area contributed by atoms with Crippen molar-refractivity contribution in [2.75, 3.05) is 7.11 Å². The molecule has 0 aliphatic rings. The Morgan fingerprint density at radius 1 is 1.47 bits per heavy atom. The van der Waals surface area contributed by atoms with Crippen molar-refractivity contribution in [3.63, 3.8) is 0 Å². The summed E-state index contributed by atoms with van der Waals surface area (Å²) >= 11 is 0. The smallest absolute Gasteiger partial charge is 0.434 e. The fourth-order valence-electron chi connectivity index (χ4n) is 1.64. The number of carbonyl (C=O) groups is 1. The molecule has 0 saturated heterocycles. The van der Waals surface area contributed by atoms with Gasteiger partial charge in [-0.1, -0.05) is 0 Å². The number of hydrogen-bond acceptors (Lipinski definition) is 5. The number of Topliss-reactive ketones (excluding diaryl/α,β-unsaturated/α-hetero) is 1. The van der Waals surface area contributed by atoms with Crippen LogP contribution in [-0.4, -0.2) is 17.8 Å². The van der Waals surface area contributed by atoms with E-state index in [4.69, 9.17) is 9.15 Å². The number of ketones is 1. The summed E-state index contributed by atoms with van der Waals surface area (Å²) in [5.74, 6) is -0.238. The molecule has 6 heteroatoms. The lowest BCUT2D eigenvalue weighted by atomic mass is 10.1. The van der Waals surface area contributed by atoms with E-state index in [1.165, 1.54) is 20.1 Å². The third-order valence-electron chi connectivity index (χ3n) is 2.41. The molecule has 88 valence electrons. The molecule has 0 unspecified atom stereocenters. The van der Waals surface area contributed by atoms with Gasteiger partial charge in [-0.25, -0.2) is 0 Å². The quantitative estimate of drug-likeness (QED) is 0.463. The minimum Gasteiger partial charge on any atom is -0.493 e. The molecule has 0 N–H and O–H groups in total. The highest BCUT2D eigenvalue weighted by atomic mass is 16.6. The Morgan fingerprint density at radius 3 is 2.71 bits per heavy atom. The second-order valence-electron chi connectivity index (χ2n) is 3.46. The molecule has 1 aromatic carbocycles. The maximum absolute atomic E-state index is 11.4. The van der Waals surface area contributed by atoms with Crippen LogP contribution in [0.25, 0.3) is 11.0 Å². The summed E-state index contributed by atoms with van der Waals surface area (Å²) in [6.07, 6.45) is 0. The van der Waals surface area contributed by atoms with Gasteiger partial charge in [-0.2, -0.15) is 0 Å². The van der Waals surface area contributed by atoms with Gasteiger partial charge >= 0.3 is 5.88 Å². The molecule has 0 fully saturated rings. The second kappa shape index (κ2) is 3.89. The van der Waals surface area contributed by atoms with Gasteiger partial charge < -0.3 is 9.15 Å². The molecule has 0 saturated carbocycles. The Kier molecular flexibility index (Phi) is 2.55. The standard InChI is InChI=1S/C11H9NO5/c1-6(13)7-3-4-9(16-2)11-8(7)5-10(17-11)12(14)15/h3-5H,1-2H3. The Bertz CT molecular complexity index is 614. The molecule has 2 rings (SSSR count). The van der Waals surface area contributed by atoms with Crippen LogP contribution in [0.15, 0.2) is 22.6 Å². The zero-order valence-electron chi connectivity index (χ0n) is 9.22. The van der Waals surface area contributed by atoms with Crippen molar-refractivity contribution >= 4 is 22.6 Å². The van der Waals surface area contributed by atoms with E-state index >= 15 is 0 Å². The molecule has 1 heterocycles. The summed E-state index contributed by atoms with van der Waals surface area (Å²) in [6.45, 7) is 1.39. The summed E-state index contributed by atoms with van der Waals surface area (Å²) < 4.78 is 10.1. The highest BCUT2D eigenvalue weighted by Crippen LogP contribution is 2.34. The lowest BCUT2D eigenvalue weighted by Crippen LogP contribution is -1.93. The predicted octanol–water partition coefficient (Wildman–Crippen LogP) is 2.55. The molecule has 17 heavy (non-hydrogen) atoms. The molecule has 2 aromatic rings. The number of hydrogen-bond donors (Lipinski definition) is 0. The van der Waals surface area contributed by atoms with E-state index in [1.54, 1.807) is 12.1 Å². The van der Waals surface area contributed by atoms with Crippen LogP contribution < -0.4 is 4.74 Å². The maximum Gasteiger partial charge on any atom is 0.434 e. The van der Waals surface area contributed by atoms with Gasteiger partial charge in [-0.05, 0) is 19.1 Å². The third-order valence-corrected chi connectivity index (χ3v) is 2.41. The van der Waals surface area contributed by atoms with E-state index in [0.717, 1.165) is 0 Å². The average molecular weight is 235 g/mol. The maximum atomic E-state index is 11.4. The number of methoxy groups -OCH3 is 1. The van der Waals surface area contributed by atoms with Gasteiger partial charge in [0.05, 0.1) is 13.2 Å². The predicted molar refractivity (Wildman–Crippen MR) is 59.4 cm³/mol. The largest absolute Gasteiger partial charge is 0.493 e. The van der Waals surface area contributed by atoms with Gasteiger partial charge in [0.2, 0.25) is 0 Å². The number of nitrogens with zero attached hydrogens (tertiary/aromatic N) is 1. The van der Waals surface area contributed by atoms with Gasteiger partial charge in [0.25, 0.3) is 0 Å². The molecule has 0 amide bonds. The number of rotatable bonds is 3. The van der Waals surface area contributed by atoms with Crippen molar-refractivity contribution in [3.05, 3.63) is 33.9 Å². The van der Waals surface area contributed by atoms with Crippen molar-refractivity contribution in [2.45, 2.75) is 6.92 Å². The number of carbonyl (C=O) groups excluding carboxylic acids is 1. The Hall–Kier alpha value is -2.37. The van der Waals surface area contributed by atoms with Crippen LogP contribution in [0.2, 0.25) is 0 Å². The topological polar surface area (TPSA) is 82.6 Å². The first-order chi connectivity index (χ1) is 8.04. The zero-order chi connectivity index (χ0) is 12.6. The molecule has 0 atom stereocenters. The van der Waals surface area contributed by atoms with Crippen molar-refractivity contribution in [3.8, 4) is 5.75 Å². The summed E-state index contributed by atoms with van der Waals surface area (Å²) in [4.78, 5) is 21.4. The molecule has 0 bridgehead atoms. The average Bonchev–Trinajstić information content (AvgIpc) is 2.71.